The zero-order valence-corrected chi connectivity index (χ0v) is 11.5. The van der Waals surface area contributed by atoms with Crippen molar-refractivity contribution in [2.24, 2.45) is 5.84 Å². The average Bonchev–Trinajstić information content (AvgIpc) is 2.38. The lowest BCUT2D eigenvalue weighted by atomic mass is 9.95. The van der Waals surface area contributed by atoms with Gasteiger partial charge in [-0.05, 0) is 25.0 Å². The molecule has 0 radical (unpaired) electrons. The van der Waals surface area contributed by atoms with E-state index in [0.717, 1.165) is 25.7 Å². The summed E-state index contributed by atoms with van der Waals surface area (Å²) in [5, 5.41) is 1.57. The minimum atomic E-state index is -4.58. The lowest BCUT2D eigenvalue weighted by Crippen LogP contribution is -2.42. The molecule has 0 atom stereocenters. The number of phosphoric ester groups is 1. The molecule has 6 nitrogen and oxygen atoms in total. The van der Waals surface area contributed by atoms with Crippen molar-refractivity contribution in [1.82, 2.24) is 0 Å². The third-order valence-corrected chi connectivity index (χ3v) is 3.76. The minimum absolute atomic E-state index is 0.115. The number of para-hydroxylation sites is 2. The molecule has 4 N–H and O–H groups in total. The second kappa shape index (κ2) is 5.92. The summed E-state index contributed by atoms with van der Waals surface area (Å²) in [5.41, 5.74) is 0.512. The Balaban J connectivity index is 2.20. The Kier molecular flexibility index (Phi) is 4.47. The molecule has 1 aliphatic carbocycles. The molecule has 1 aromatic carbocycles. The smallest absolute Gasteiger partial charge is 0.402 e. The third kappa shape index (κ3) is 3.94. The van der Waals surface area contributed by atoms with Gasteiger partial charge in [0.1, 0.15) is 0 Å². The lowest BCUT2D eigenvalue weighted by Gasteiger charge is -2.33. The van der Waals surface area contributed by atoms with Crippen LogP contribution in [0.15, 0.2) is 24.3 Å². The molecule has 0 amide bonds. The van der Waals surface area contributed by atoms with Crippen LogP contribution in [0.1, 0.15) is 32.1 Å². The lowest BCUT2D eigenvalue weighted by molar-refractivity contribution is 0.283. The molecule has 7 heteroatoms. The fraction of sp³-hybridized carbons (Fsp3) is 0.500. The van der Waals surface area contributed by atoms with Crippen molar-refractivity contribution in [3.05, 3.63) is 24.3 Å². The predicted molar refractivity (Wildman–Crippen MR) is 72.7 cm³/mol. The molecule has 1 saturated carbocycles. The van der Waals surface area contributed by atoms with Gasteiger partial charge in [-0.15, -0.1) is 0 Å². The molecule has 0 saturated heterocycles. The highest BCUT2D eigenvalue weighted by atomic mass is 31.2. The summed E-state index contributed by atoms with van der Waals surface area (Å²) in [6, 6.07) is 6.83. The molecular weight excluding hydrogens is 267 g/mol. The number of nitrogens with zero attached hydrogens (tertiary/aromatic N) is 1. The summed E-state index contributed by atoms with van der Waals surface area (Å²) in [5.74, 6) is 6.20. The fourth-order valence-electron chi connectivity index (χ4n) is 2.43. The van der Waals surface area contributed by atoms with E-state index in [4.69, 9.17) is 15.6 Å². The molecule has 1 fully saturated rings. The van der Waals surface area contributed by atoms with E-state index < -0.39 is 7.82 Å². The summed E-state index contributed by atoms with van der Waals surface area (Å²) in [4.78, 5) is 17.8. The first-order valence-corrected chi connectivity index (χ1v) is 7.88. The van der Waals surface area contributed by atoms with Gasteiger partial charge in [0.15, 0.2) is 5.75 Å². The van der Waals surface area contributed by atoms with Gasteiger partial charge in [0.2, 0.25) is 0 Å². The second-order valence-electron chi connectivity index (χ2n) is 4.75. The normalized spacial score (nSPS) is 17.2. The van der Waals surface area contributed by atoms with Crippen molar-refractivity contribution in [1.29, 1.82) is 0 Å². The summed E-state index contributed by atoms with van der Waals surface area (Å²) >= 11 is 0. The van der Waals surface area contributed by atoms with Crippen molar-refractivity contribution in [2.45, 2.75) is 38.1 Å². The van der Waals surface area contributed by atoms with Crippen LogP contribution < -0.4 is 15.4 Å². The van der Waals surface area contributed by atoms with E-state index in [9.17, 15) is 4.57 Å². The maximum absolute atomic E-state index is 11.0. The van der Waals surface area contributed by atoms with Crippen molar-refractivity contribution in [2.75, 3.05) is 5.01 Å². The van der Waals surface area contributed by atoms with Crippen molar-refractivity contribution >= 4 is 13.5 Å². The number of nitrogens with two attached hydrogens (primary N) is 1. The predicted octanol–water partition coefficient (Wildman–Crippen LogP) is 2.17. The average molecular weight is 286 g/mol. The number of phosphoric acid groups is 1. The van der Waals surface area contributed by atoms with Gasteiger partial charge in [0.25, 0.3) is 0 Å². The number of hydrogen-bond donors (Lipinski definition) is 3. The monoisotopic (exact) mass is 286 g/mol. The quantitative estimate of drug-likeness (QED) is 0.446. The first-order valence-electron chi connectivity index (χ1n) is 6.35. The van der Waals surface area contributed by atoms with Crippen molar-refractivity contribution < 1.29 is 18.9 Å². The van der Waals surface area contributed by atoms with Gasteiger partial charge >= 0.3 is 7.82 Å². The first kappa shape index (κ1) is 14.3. The van der Waals surface area contributed by atoms with Gasteiger partial charge < -0.3 is 9.53 Å². The fourth-order valence-corrected chi connectivity index (χ4v) is 2.84. The number of hydrogen-bond acceptors (Lipinski definition) is 4. The Morgan fingerprint density at radius 1 is 1.21 bits per heavy atom. The molecule has 0 spiro atoms. The van der Waals surface area contributed by atoms with Gasteiger partial charge in [-0.2, -0.15) is 0 Å². The topological polar surface area (TPSA) is 96.0 Å². The molecule has 1 aromatic rings. The molecule has 19 heavy (non-hydrogen) atoms. The molecular formula is C12H19N2O4P. The zero-order valence-electron chi connectivity index (χ0n) is 10.6. The highest BCUT2D eigenvalue weighted by molar-refractivity contribution is 7.46. The molecule has 2 rings (SSSR count). The number of anilines is 1. The van der Waals surface area contributed by atoms with E-state index >= 15 is 0 Å². The van der Waals surface area contributed by atoms with Crippen LogP contribution in [-0.4, -0.2) is 15.8 Å². The largest absolute Gasteiger partial charge is 0.524 e. The van der Waals surface area contributed by atoms with Crippen molar-refractivity contribution in [3.63, 3.8) is 0 Å². The molecule has 1 aliphatic rings. The highest BCUT2D eigenvalue weighted by Gasteiger charge is 2.24. The second-order valence-corrected chi connectivity index (χ2v) is 5.91. The Bertz CT molecular complexity index is 471. The van der Waals surface area contributed by atoms with Gasteiger partial charge in [0.05, 0.1) is 5.69 Å². The Morgan fingerprint density at radius 2 is 1.84 bits per heavy atom. The molecule has 0 aromatic heterocycles. The van der Waals surface area contributed by atoms with Crippen LogP contribution in [-0.2, 0) is 4.57 Å². The van der Waals surface area contributed by atoms with E-state index in [2.05, 4.69) is 4.52 Å². The molecule has 0 heterocycles. The SMILES string of the molecule is NN(c1ccccc1OP(=O)(O)O)C1CCCCC1. The minimum Gasteiger partial charge on any atom is -0.402 e. The van der Waals surface area contributed by atoms with E-state index in [-0.39, 0.29) is 11.8 Å². The van der Waals surface area contributed by atoms with E-state index in [1.54, 1.807) is 23.2 Å². The maximum atomic E-state index is 11.0. The van der Waals surface area contributed by atoms with E-state index in [0.29, 0.717) is 5.69 Å². The summed E-state index contributed by atoms with van der Waals surface area (Å²) in [6.45, 7) is 0. The van der Waals surface area contributed by atoms with Gasteiger partial charge in [-0.25, -0.2) is 10.4 Å². The Morgan fingerprint density at radius 3 is 2.47 bits per heavy atom. The number of benzene rings is 1. The van der Waals surface area contributed by atoms with E-state index in [1.807, 2.05) is 0 Å². The van der Waals surface area contributed by atoms with Crippen molar-refractivity contribution in [3.8, 4) is 5.75 Å². The highest BCUT2D eigenvalue weighted by Crippen LogP contribution is 2.42. The van der Waals surface area contributed by atoms with Gasteiger partial charge in [-0.3, -0.25) is 9.79 Å². The molecule has 0 unspecified atom stereocenters. The van der Waals surface area contributed by atoms with Gasteiger partial charge in [-0.1, -0.05) is 31.4 Å². The summed E-state index contributed by atoms with van der Waals surface area (Å²) < 4.78 is 15.7. The van der Waals surface area contributed by atoms with Crippen LogP contribution in [0.3, 0.4) is 0 Å². The Labute approximate surface area is 112 Å². The van der Waals surface area contributed by atoms with Crippen LogP contribution in [0.2, 0.25) is 0 Å². The first-order chi connectivity index (χ1) is 8.97. The zero-order chi connectivity index (χ0) is 13.9. The maximum Gasteiger partial charge on any atom is 0.524 e. The van der Waals surface area contributed by atoms with Crippen LogP contribution >= 0.6 is 7.82 Å². The third-order valence-electron chi connectivity index (χ3n) is 3.33. The van der Waals surface area contributed by atoms with Crippen LogP contribution in [0.25, 0.3) is 0 Å². The van der Waals surface area contributed by atoms with Crippen LogP contribution in [0.4, 0.5) is 5.69 Å². The molecule has 0 aliphatic heterocycles. The van der Waals surface area contributed by atoms with Crippen LogP contribution in [0, 0.1) is 0 Å². The molecule has 106 valence electrons. The standard InChI is InChI=1S/C12H19N2O4P/c13-14(10-6-2-1-3-7-10)11-8-4-5-9-12(11)18-19(15,16)17/h4-5,8-10H,1-3,6-7,13H2,(H2,15,16,17). The molecule has 0 bridgehead atoms. The Hall–Kier alpha value is -1.07. The number of hydrazine groups is 1. The van der Waals surface area contributed by atoms with Crippen LogP contribution in [0.5, 0.6) is 5.75 Å². The summed E-state index contributed by atoms with van der Waals surface area (Å²) in [7, 11) is -4.58. The van der Waals surface area contributed by atoms with E-state index in [1.165, 1.54) is 12.5 Å². The summed E-state index contributed by atoms with van der Waals surface area (Å²) in [6.07, 6.45) is 5.44. The van der Waals surface area contributed by atoms with Gasteiger partial charge in [0, 0.05) is 6.04 Å². The number of rotatable bonds is 4.